The minimum absolute atomic E-state index is 0.0637. The van der Waals surface area contributed by atoms with Gasteiger partial charge in [-0.25, -0.2) is 5.43 Å². The number of unbranched alkanes of at least 4 members (excludes halogenated alkanes) is 1. The van der Waals surface area contributed by atoms with Crippen molar-refractivity contribution in [1.29, 1.82) is 0 Å². The molecule has 2 amide bonds. The van der Waals surface area contributed by atoms with E-state index in [1.54, 1.807) is 43.5 Å². The van der Waals surface area contributed by atoms with Crippen LogP contribution in [-0.2, 0) is 4.79 Å². The minimum Gasteiger partial charge on any atom is -0.497 e. The Kier molecular flexibility index (Phi) is 6.49. The van der Waals surface area contributed by atoms with Gasteiger partial charge in [0.2, 0.25) is 5.91 Å². The molecule has 0 saturated heterocycles. The summed E-state index contributed by atoms with van der Waals surface area (Å²) >= 11 is 0. The molecule has 2 aromatic rings. The van der Waals surface area contributed by atoms with Crippen LogP contribution < -0.4 is 21.2 Å². The Morgan fingerprint density at radius 2 is 2.03 bits per heavy atom. The normalized spacial score (nSPS) is 16.0. The van der Waals surface area contributed by atoms with Gasteiger partial charge in [0.15, 0.2) is 0 Å². The number of hydrazone groups is 1. The van der Waals surface area contributed by atoms with E-state index in [0.29, 0.717) is 29.1 Å². The Morgan fingerprint density at radius 1 is 1.28 bits per heavy atom. The zero-order valence-electron chi connectivity index (χ0n) is 16.7. The van der Waals surface area contributed by atoms with E-state index in [9.17, 15) is 9.59 Å². The van der Waals surface area contributed by atoms with Crippen molar-refractivity contribution in [1.82, 2.24) is 5.43 Å². The quantitative estimate of drug-likeness (QED) is 0.624. The van der Waals surface area contributed by atoms with Gasteiger partial charge in [0.1, 0.15) is 5.75 Å². The Bertz CT molecular complexity index is 922. The fraction of sp³-hybridized carbons (Fsp3) is 0.318. The molecule has 3 rings (SSSR count). The van der Waals surface area contributed by atoms with E-state index in [-0.39, 0.29) is 17.7 Å². The number of nitrogens with zero attached hydrogens (tertiary/aromatic N) is 1. The first-order valence-electron chi connectivity index (χ1n) is 9.73. The molecule has 0 fully saturated rings. The molecular formula is C22H26N4O3. The summed E-state index contributed by atoms with van der Waals surface area (Å²) in [5.74, 6) is 0.438. The summed E-state index contributed by atoms with van der Waals surface area (Å²) in [6, 6.07) is 12.3. The molecule has 7 heteroatoms. The largest absolute Gasteiger partial charge is 0.497 e. The van der Waals surface area contributed by atoms with E-state index in [1.807, 2.05) is 6.07 Å². The SMILES string of the molecule is CCCCC1CC(=O)NN=C1c1ccc(NC(=O)c2ccc(OC)cc2)c(N)c1. The molecule has 1 aliphatic rings. The Morgan fingerprint density at radius 3 is 2.69 bits per heavy atom. The maximum Gasteiger partial charge on any atom is 0.255 e. The molecule has 0 spiro atoms. The lowest BCUT2D eigenvalue weighted by atomic mass is 9.88. The van der Waals surface area contributed by atoms with Gasteiger partial charge >= 0.3 is 0 Å². The zero-order chi connectivity index (χ0) is 20.8. The molecule has 4 N–H and O–H groups in total. The monoisotopic (exact) mass is 394 g/mol. The van der Waals surface area contributed by atoms with Crippen molar-refractivity contribution in [2.75, 3.05) is 18.2 Å². The lowest BCUT2D eigenvalue weighted by Gasteiger charge is -2.23. The Hall–Kier alpha value is -3.35. The van der Waals surface area contributed by atoms with E-state index in [2.05, 4.69) is 22.8 Å². The van der Waals surface area contributed by atoms with Gasteiger partial charge in [-0.1, -0.05) is 25.8 Å². The van der Waals surface area contributed by atoms with Gasteiger partial charge in [0.05, 0.1) is 24.2 Å². The molecule has 7 nitrogen and oxygen atoms in total. The first kappa shape index (κ1) is 20.4. The predicted molar refractivity (Wildman–Crippen MR) is 114 cm³/mol. The summed E-state index contributed by atoms with van der Waals surface area (Å²) in [5, 5.41) is 7.11. The molecule has 1 heterocycles. The summed E-state index contributed by atoms with van der Waals surface area (Å²) in [4.78, 5) is 24.2. The summed E-state index contributed by atoms with van der Waals surface area (Å²) < 4.78 is 5.11. The number of nitrogens with one attached hydrogen (secondary N) is 2. The van der Waals surface area contributed by atoms with Crippen LogP contribution in [0.25, 0.3) is 0 Å². The lowest BCUT2D eigenvalue weighted by molar-refractivity contribution is -0.122. The number of rotatable bonds is 7. The van der Waals surface area contributed by atoms with E-state index >= 15 is 0 Å². The first-order valence-corrected chi connectivity index (χ1v) is 9.73. The van der Waals surface area contributed by atoms with E-state index in [4.69, 9.17) is 10.5 Å². The van der Waals surface area contributed by atoms with Crippen molar-refractivity contribution in [3.63, 3.8) is 0 Å². The van der Waals surface area contributed by atoms with Crippen molar-refractivity contribution >= 4 is 28.9 Å². The third kappa shape index (κ3) is 4.93. The summed E-state index contributed by atoms with van der Waals surface area (Å²) in [6.45, 7) is 2.12. The fourth-order valence-corrected chi connectivity index (χ4v) is 3.34. The van der Waals surface area contributed by atoms with Gasteiger partial charge in [0.25, 0.3) is 5.91 Å². The molecular weight excluding hydrogens is 368 g/mol. The average Bonchev–Trinajstić information content (AvgIpc) is 2.73. The topological polar surface area (TPSA) is 106 Å². The number of hydrogen-bond acceptors (Lipinski definition) is 5. The number of hydrogen-bond donors (Lipinski definition) is 3. The highest BCUT2D eigenvalue weighted by molar-refractivity contribution is 6.09. The zero-order valence-corrected chi connectivity index (χ0v) is 16.7. The first-order chi connectivity index (χ1) is 14.0. The average molecular weight is 394 g/mol. The second-order valence-electron chi connectivity index (χ2n) is 7.06. The van der Waals surface area contributed by atoms with Crippen LogP contribution in [0, 0.1) is 5.92 Å². The van der Waals surface area contributed by atoms with Crippen LogP contribution in [-0.4, -0.2) is 24.6 Å². The summed E-state index contributed by atoms with van der Waals surface area (Å²) in [6.07, 6.45) is 3.42. The van der Waals surface area contributed by atoms with Crippen LogP contribution in [0.4, 0.5) is 11.4 Å². The van der Waals surface area contributed by atoms with Crippen LogP contribution in [0.1, 0.15) is 48.5 Å². The van der Waals surface area contributed by atoms with Crippen LogP contribution in [0.2, 0.25) is 0 Å². The van der Waals surface area contributed by atoms with Gasteiger partial charge in [-0.3, -0.25) is 9.59 Å². The smallest absolute Gasteiger partial charge is 0.255 e. The van der Waals surface area contributed by atoms with Gasteiger partial charge in [-0.2, -0.15) is 5.10 Å². The van der Waals surface area contributed by atoms with E-state index in [1.165, 1.54) is 0 Å². The molecule has 0 radical (unpaired) electrons. The lowest BCUT2D eigenvalue weighted by Crippen LogP contribution is -2.33. The second-order valence-corrected chi connectivity index (χ2v) is 7.06. The highest BCUT2D eigenvalue weighted by Gasteiger charge is 2.25. The van der Waals surface area contributed by atoms with E-state index in [0.717, 1.165) is 30.5 Å². The maximum absolute atomic E-state index is 12.5. The highest BCUT2D eigenvalue weighted by atomic mass is 16.5. The molecule has 1 atom stereocenters. The van der Waals surface area contributed by atoms with Crippen molar-refractivity contribution in [2.45, 2.75) is 32.6 Å². The van der Waals surface area contributed by atoms with Crippen LogP contribution >= 0.6 is 0 Å². The molecule has 0 aliphatic carbocycles. The summed E-state index contributed by atoms with van der Waals surface area (Å²) in [7, 11) is 1.58. The number of carbonyl (C=O) groups is 2. The number of carbonyl (C=O) groups excluding carboxylic acids is 2. The van der Waals surface area contributed by atoms with Crippen LogP contribution in [0.5, 0.6) is 5.75 Å². The van der Waals surface area contributed by atoms with Crippen molar-refractivity contribution in [3.05, 3.63) is 53.6 Å². The molecule has 1 aliphatic heterocycles. The number of anilines is 2. The molecule has 0 saturated carbocycles. The third-order valence-electron chi connectivity index (χ3n) is 4.97. The van der Waals surface area contributed by atoms with Crippen molar-refractivity contribution < 1.29 is 14.3 Å². The number of nitrogens with two attached hydrogens (primary N) is 1. The number of nitrogen functional groups attached to an aromatic ring is 1. The number of benzene rings is 2. The number of ether oxygens (including phenoxy) is 1. The predicted octanol–water partition coefficient (Wildman–Crippen LogP) is 3.56. The van der Waals surface area contributed by atoms with Crippen LogP contribution in [0.15, 0.2) is 47.6 Å². The molecule has 152 valence electrons. The number of amides is 2. The maximum atomic E-state index is 12.5. The molecule has 0 bridgehead atoms. The second kappa shape index (κ2) is 9.23. The minimum atomic E-state index is -0.254. The van der Waals surface area contributed by atoms with Crippen molar-refractivity contribution in [2.24, 2.45) is 11.0 Å². The Balaban J connectivity index is 1.76. The van der Waals surface area contributed by atoms with Crippen molar-refractivity contribution in [3.8, 4) is 5.75 Å². The van der Waals surface area contributed by atoms with Crippen LogP contribution in [0.3, 0.4) is 0 Å². The highest BCUT2D eigenvalue weighted by Crippen LogP contribution is 2.27. The molecule has 1 unspecified atom stereocenters. The van der Waals surface area contributed by atoms with Gasteiger partial charge in [-0.15, -0.1) is 0 Å². The number of methoxy groups -OCH3 is 1. The van der Waals surface area contributed by atoms with Gasteiger partial charge < -0.3 is 15.8 Å². The fourth-order valence-electron chi connectivity index (χ4n) is 3.34. The van der Waals surface area contributed by atoms with E-state index < -0.39 is 0 Å². The van der Waals surface area contributed by atoms with Gasteiger partial charge in [-0.05, 0) is 42.8 Å². The molecule has 2 aromatic carbocycles. The third-order valence-corrected chi connectivity index (χ3v) is 4.97. The summed E-state index contributed by atoms with van der Waals surface area (Å²) in [5.41, 5.74) is 11.9. The molecule has 29 heavy (non-hydrogen) atoms. The Labute approximate surface area is 170 Å². The van der Waals surface area contributed by atoms with Gasteiger partial charge in [0, 0.05) is 23.5 Å². The standard InChI is InChI=1S/C22H26N4O3/c1-3-4-5-15-13-20(27)25-26-21(15)16-8-11-19(18(23)12-16)24-22(28)14-6-9-17(29-2)10-7-14/h6-12,15H,3-5,13,23H2,1-2H3,(H,24,28)(H,25,27). The molecule has 0 aromatic heterocycles.